The monoisotopic (exact) mass is 625 g/mol. The third-order valence-electron chi connectivity index (χ3n) is 7.39. The predicted octanol–water partition coefficient (Wildman–Crippen LogP) is 7.31. The Morgan fingerprint density at radius 3 is 2.44 bits per heavy atom. The van der Waals surface area contributed by atoms with E-state index in [4.69, 9.17) is 31.5 Å². The van der Waals surface area contributed by atoms with Crippen molar-refractivity contribution in [2.45, 2.75) is 53.4 Å². The molecule has 1 heterocycles. The quantitative estimate of drug-likeness (QED) is 0.147. The van der Waals surface area contributed by atoms with Gasteiger partial charge in [-0.25, -0.2) is 0 Å². The summed E-state index contributed by atoms with van der Waals surface area (Å²) in [7, 11) is 1.90. The van der Waals surface area contributed by atoms with Crippen molar-refractivity contribution >= 4 is 17.5 Å². The lowest BCUT2D eigenvalue weighted by Crippen LogP contribution is -2.24. The van der Waals surface area contributed by atoms with E-state index in [1.165, 1.54) is 6.20 Å². The minimum atomic E-state index is -0.365. The van der Waals surface area contributed by atoms with Crippen LogP contribution in [0.25, 0.3) is 11.1 Å². The van der Waals surface area contributed by atoms with Crippen LogP contribution < -0.4 is 19.9 Å². The summed E-state index contributed by atoms with van der Waals surface area (Å²) < 4.78 is 18.4. The normalized spacial score (nSPS) is 10.9. The predicted molar refractivity (Wildman–Crippen MR) is 176 cm³/mol. The van der Waals surface area contributed by atoms with Crippen LogP contribution in [0.5, 0.6) is 17.2 Å². The fourth-order valence-electron chi connectivity index (χ4n) is 4.90. The summed E-state index contributed by atoms with van der Waals surface area (Å²) in [5.41, 5.74) is 12.8. The summed E-state index contributed by atoms with van der Waals surface area (Å²) in [6.45, 7) is 9.44. The highest BCUT2D eigenvalue weighted by molar-refractivity contribution is 6.32. The Morgan fingerprint density at radius 1 is 0.978 bits per heavy atom. The topological polar surface area (TPSA) is 111 Å². The molecular formula is C36H38ClN4O4. The second-order valence-electron chi connectivity index (χ2n) is 10.8. The lowest BCUT2D eigenvalue weighted by Gasteiger charge is -2.21. The summed E-state index contributed by atoms with van der Waals surface area (Å²) in [6.07, 6.45) is 4.23. The van der Waals surface area contributed by atoms with Gasteiger partial charge in [0.1, 0.15) is 43.1 Å². The molecule has 0 aliphatic carbocycles. The summed E-state index contributed by atoms with van der Waals surface area (Å²) in [5.74, 6) is 1.52. The number of nitrogens with two attached hydrogens (primary N) is 1. The number of carbonyl (C=O) groups is 1. The summed E-state index contributed by atoms with van der Waals surface area (Å²) in [5, 5.41) is 9.69. The minimum Gasteiger partial charge on any atom is -0.488 e. The van der Waals surface area contributed by atoms with Crippen LogP contribution in [0, 0.1) is 31.8 Å². The van der Waals surface area contributed by atoms with Crippen molar-refractivity contribution in [3.8, 4) is 34.4 Å². The van der Waals surface area contributed by atoms with Crippen molar-refractivity contribution in [3.63, 3.8) is 0 Å². The summed E-state index contributed by atoms with van der Waals surface area (Å²) in [4.78, 5) is 17.4. The largest absolute Gasteiger partial charge is 0.488 e. The summed E-state index contributed by atoms with van der Waals surface area (Å²) in [6, 6.07) is 19.7. The van der Waals surface area contributed by atoms with Crippen LogP contribution in [0.1, 0.15) is 53.1 Å². The molecule has 4 aromatic rings. The molecule has 0 fully saturated rings. The first-order chi connectivity index (χ1) is 21.7. The second-order valence-corrected chi connectivity index (χ2v) is 11.2. The van der Waals surface area contributed by atoms with Crippen LogP contribution in [0.4, 0.5) is 0 Å². The highest BCUT2D eigenvalue weighted by atomic mass is 35.5. The molecule has 0 unspecified atom stereocenters. The maximum atomic E-state index is 11.3. The number of nitriles is 1. The number of carbonyl (C=O) groups excluding carboxylic acids is 1. The number of nitrogens with zero attached hydrogens (tertiary/aromatic N) is 3. The number of benzene rings is 3. The van der Waals surface area contributed by atoms with Crippen molar-refractivity contribution in [1.29, 1.82) is 5.26 Å². The van der Waals surface area contributed by atoms with Crippen LogP contribution in [0.3, 0.4) is 0 Å². The molecule has 3 aromatic carbocycles. The molecule has 0 atom stereocenters. The Balaban J connectivity index is 1.58. The van der Waals surface area contributed by atoms with E-state index in [2.05, 4.69) is 37.0 Å². The van der Waals surface area contributed by atoms with Crippen LogP contribution in [-0.4, -0.2) is 29.4 Å². The third kappa shape index (κ3) is 8.98. The molecule has 1 radical (unpaired) electrons. The Labute approximate surface area is 270 Å². The number of amides is 1. The molecule has 4 rings (SSSR count). The number of halogens is 1. The molecule has 2 N–H and O–H groups in total. The van der Waals surface area contributed by atoms with Gasteiger partial charge in [-0.05, 0) is 73.3 Å². The van der Waals surface area contributed by atoms with E-state index in [-0.39, 0.29) is 18.9 Å². The maximum Gasteiger partial charge on any atom is 0.218 e. The van der Waals surface area contributed by atoms with Gasteiger partial charge in [0.25, 0.3) is 0 Å². The smallest absolute Gasteiger partial charge is 0.218 e. The third-order valence-corrected chi connectivity index (χ3v) is 7.69. The van der Waals surface area contributed by atoms with E-state index in [0.717, 1.165) is 51.1 Å². The average Bonchev–Trinajstić information content (AvgIpc) is 3.03. The standard InChI is InChI=1S/C36H38ClN4O4/c1-5-14-43-33-11-7-10-31(25(33)3)30-9-6-8-28(24(30)2)23-45-35-17-34(44-22-27-15-26(18-38)19-40-20-27)29(16-32(35)37)21-41(4)13-12-36(39)42/h6-11,14-17,19-20H,5,12-13,21-23H2,1-4H3,(H2,39,42). The van der Waals surface area contributed by atoms with E-state index in [1.807, 2.05) is 49.2 Å². The molecule has 233 valence electrons. The number of ether oxygens (including phenoxy) is 3. The van der Waals surface area contributed by atoms with Crippen molar-refractivity contribution < 1.29 is 19.0 Å². The molecule has 45 heavy (non-hydrogen) atoms. The summed E-state index contributed by atoms with van der Waals surface area (Å²) >= 11 is 6.75. The molecule has 0 bridgehead atoms. The fourth-order valence-corrected chi connectivity index (χ4v) is 5.14. The van der Waals surface area contributed by atoms with Gasteiger partial charge < -0.3 is 24.8 Å². The Bertz CT molecular complexity index is 1680. The van der Waals surface area contributed by atoms with Gasteiger partial charge in [-0.1, -0.05) is 48.9 Å². The van der Waals surface area contributed by atoms with Crippen LogP contribution in [0.2, 0.25) is 5.02 Å². The molecule has 1 amide bonds. The molecule has 1 aromatic heterocycles. The van der Waals surface area contributed by atoms with Crippen molar-refractivity contribution in [3.05, 3.63) is 112 Å². The highest BCUT2D eigenvalue weighted by Crippen LogP contribution is 2.36. The molecule has 0 saturated carbocycles. The SMILES string of the molecule is CC[CH]Oc1cccc(-c2cccc(COc3cc(OCc4cncc(C#N)c4)c(CN(C)CCC(N)=O)cc3Cl)c2C)c1C. The number of hydrogen-bond donors (Lipinski definition) is 1. The van der Waals surface area contributed by atoms with Gasteiger partial charge >= 0.3 is 0 Å². The van der Waals surface area contributed by atoms with E-state index < -0.39 is 0 Å². The zero-order valence-corrected chi connectivity index (χ0v) is 26.9. The van der Waals surface area contributed by atoms with Gasteiger partial charge in [0, 0.05) is 49.1 Å². The van der Waals surface area contributed by atoms with Crippen molar-refractivity contribution in [2.24, 2.45) is 5.73 Å². The Kier molecular flexibility index (Phi) is 11.8. The van der Waals surface area contributed by atoms with Gasteiger partial charge in [0.2, 0.25) is 5.91 Å². The van der Waals surface area contributed by atoms with Crippen LogP contribution in [0.15, 0.2) is 67.0 Å². The van der Waals surface area contributed by atoms with E-state index in [0.29, 0.717) is 41.8 Å². The molecule has 0 aliphatic heterocycles. The van der Waals surface area contributed by atoms with Gasteiger partial charge in [-0.3, -0.25) is 9.78 Å². The first kappa shape index (κ1) is 33.3. The molecule has 8 nitrogen and oxygen atoms in total. The molecular weight excluding hydrogens is 588 g/mol. The van der Waals surface area contributed by atoms with Gasteiger partial charge in [0.15, 0.2) is 0 Å². The van der Waals surface area contributed by atoms with Crippen molar-refractivity contribution in [1.82, 2.24) is 9.88 Å². The first-order valence-electron chi connectivity index (χ1n) is 14.8. The maximum absolute atomic E-state index is 11.3. The number of pyridine rings is 1. The van der Waals surface area contributed by atoms with Crippen LogP contribution in [-0.2, 0) is 24.6 Å². The highest BCUT2D eigenvalue weighted by Gasteiger charge is 2.16. The van der Waals surface area contributed by atoms with Gasteiger partial charge in [-0.2, -0.15) is 5.26 Å². The van der Waals surface area contributed by atoms with Crippen LogP contribution >= 0.6 is 11.6 Å². The minimum absolute atomic E-state index is 0.195. The fraction of sp³-hybridized carbons (Fsp3) is 0.278. The zero-order chi connectivity index (χ0) is 32.3. The van der Waals surface area contributed by atoms with Gasteiger partial charge in [-0.15, -0.1) is 0 Å². The number of aromatic nitrogens is 1. The molecule has 0 spiro atoms. The van der Waals surface area contributed by atoms with Gasteiger partial charge in [0.05, 0.1) is 10.6 Å². The first-order valence-corrected chi connectivity index (χ1v) is 15.1. The number of primary amides is 1. The second kappa shape index (κ2) is 15.9. The zero-order valence-electron chi connectivity index (χ0n) is 26.1. The molecule has 9 heteroatoms. The molecule has 0 saturated heterocycles. The molecule has 0 aliphatic rings. The lowest BCUT2D eigenvalue weighted by molar-refractivity contribution is -0.118. The van der Waals surface area contributed by atoms with E-state index in [1.54, 1.807) is 24.9 Å². The lowest BCUT2D eigenvalue weighted by atomic mass is 9.93. The Hall–Kier alpha value is -4.58. The average molecular weight is 626 g/mol. The Morgan fingerprint density at radius 2 is 1.71 bits per heavy atom. The number of hydrogen-bond acceptors (Lipinski definition) is 7. The van der Waals surface area contributed by atoms with E-state index >= 15 is 0 Å². The number of rotatable bonds is 15. The van der Waals surface area contributed by atoms with E-state index in [9.17, 15) is 10.1 Å². The van der Waals surface area contributed by atoms with Crippen molar-refractivity contribution in [2.75, 3.05) is 13.6 Å².